The minimum Gasteiger partial charge on any atom is -0.352 e. The molecular formula is C19H22Cl3NO. The Hall–Kier alpha value is -0.960. The number of hydrogen-bond acceptors (Lipinski definition) is 1. The molecule has 1 aliphatic rings. The molecule has 0 radical (unpaired) electrons. The lowest BCUT2D eigenvalue weighted by atomic mass is 10.1. The molecule has 1 N–H and O–H groups in total. The van der Waals surface area contributed by atoms with E-state index < -0.39 is 0 Å². The third-order valence-corrected chi connectivity index (χ3v) is 5.12. The van der Waals surface area contributed by atoms with E-state index >= 15 is 0 Å². The van der Waals surface area contributed by atoms with Gasteiger partial charge in [0.15, 0.2) is 0 Å². The molecule has 1 aromatic carbocycles. The van der Waals surface area contributed by atoms with Crippen molar-refractivity contribution in [2.45, 2.75) is 33.1 Å². The van der Waals surface area contributed by atoms with Crippen LogP contribution in [0.4, 0.5) is 0 Å². The predicted molar refractivity (Wildman–Crippen MR) is 103 cm³/mol. The molecule has 2 rings (SSSR count). The van der Waals surface area contributed by atoms with Crippen molar-refractivity contribution >= 4 is 40.7 Å². The van der Waals surface area contributed by atoms with Crippen LogP contribution < -0.4 is 5.32 Å². The summed E-state index contributed by atoms with van der Waals surface area (Å²) in [5.74, 6) is 1.26. The zero-order valence-corrected chi connectivity index (χ0v) is 16.3. The number of nitrogens with one attached hydrogen (secondary N) is 1. The van der Waals surface area contributed by atoms with Gasteiger partial charge >= 0.3 is 0 Å². The van der Waals surface area contributed by atoms with Crippen molar-refractivity contribution < 1.29 is 4.79 Å². The molecule has 2 nitrogen and oxygen atoms in total. The lowest BCUT2D eigenvalue weighted by Crippen LogP contribution is -2.25. The van der Waals surface area contributed by atoms with Crippen LogP contribution in [-0.4, -0.2) is 12.5 Å². The van der Waals surface area contributed by atoms with E-state index in [1.165, 1.54) is 0 Å². The largest absolute Gasteiger partial charge is 0.352 e. The zero-order valence-electron chi connectivity index (χ0n) is 14.1. The number of amides is 1. The van der Waals surface area contributed by atoms with Crippen molar-refractivity contribution in [3.8, 4) is 0 Å². The average Bonchev–Trinajstić information content (AvgIpc) is 3.28. The highest BCUT2D eigenvalue weighted by molar-refractivity contribution is 6.48. The third kappa shape index (κ3) is 5.54. The van der Waals surface area contributed by atoms with Crippen LogP contribution in [0.3, 0.4) is 0 Å². The number of halogens is 3. The Morgan fingerprint density at radius 2 is 1.92 bits per heavy atom. The molecule has 1 saturated carbocycles. The molecule has 1 aromatic rings. The third-order valence-electron chi connectivity index (χ3n) is 3.92. The van der Waals surface area contributed by atoms with Gasteiger partial charge in [0.25, 0.3) is 0 Å². The molecule has 0 aliphatic heterocycles. The van der Waals surface area contributed by atoms with Gasteiger partial charge in [-0.1, -0.05) is 60.8 Å². The lowest BCUT2D eigenvalue weighted by molar-refractivity contribution is -0.116. The van der Waals surface area contributed by atoms with Crippen LogP contribution in [0.2, 0.25) is 15.1 Å². The summed E-state index contributed by atoms with van der Waals surface area (Å²) in [7, 11) is 0. The fourth-order valence-corrected chi connectivity index (χ4v) is 3.10. The van der Waals surface area contributed by atoms with E-state index in [4.69, 9.17) is 34.8 Å². The van der Waals surface area contributed by atoms with Gasteiger partial charge in [-0.15, -0.1) is 0 Å². The molecule has 24 heavy (non-hydrogen) atoms. The van der Waals surface area contributed by atoms with E-state index in [0.717, 1.165) is 17.6 Å². The number of allylic oxidation sites excluding steroid dienone is 3. The van der Waals surface area contributed by atoms with Crippen LogP contribution in [0.15, 0.2) is 35.9 Å². The van der Waals surface area contributed by atoms with E-state index in [1.807, 2.05) is 25.1 Å². The van der Waals surface area contributed by atoms with E-state index in [0.29, 0.717) is 39.4 Å². The summed E-state index contributed by atoms with van der Waals surface area (Å²) in [6.07, 6.45) is 6.82. The molecule has 1 fully saturated rings. The Bertz CT molecular complexity index is 656. The van der Waals surface area contributed by atoms with Crippen molar-refractivity contribution in [2.24, 2.45) is 11.8 Å². The summed E-state index contributed by atoms with van der Waals surface area (Å²) in [6, 6.07) is 3.77. The fraction of sp³-hybridized carbons (Fsp3) is 0.421. The zero-order chi connectivity index (χ0) is 17.9. The van der Waals surface area contributed by atoms with Crippen LogP contribution in [0, 0.1) is 11.8 Å². The molecule has 5 heteroatoms. The SMILES string of the molecule is CC(C=C[C@@H]1C[C@H]1c1cc(Cl)c(Cl)c(Cl)c1)=CC(=O)NCC(C)C. The van der Waals surface area contributed by atoms with Gasteiger partial charge in [0.1, 0.15) is 0 Å². The van der Waals surface area contributed by atoms with Gasteiger partial charge in [0.2, 0.25) is 5.91 Å². The van der Waals surface area contributed by atoms with Crippen LogP contribution in [-0.2, 0) is 4.79 Å². The van der Waals surface area contributed by atoms with Gasteiger partial charge in [-0.05, 0) is 54.4 Å². The van der Waals surface area contributed by atoms with Gasteiger partial charge in [-0.25, -0.2) is 0 Å². The summed E-state index contributed by atoms with van der Waals surface area (Å²) in [4.78, 5) is 11.7. The van der Waals surface area contributed by atoms with Crippen molar-refractivity contribution in [2.75, 3.05) is 6.54 Å². The Morgan fingerprint density at radius 3 is 2.50 bits per heavy atom. The van der Waals surface area contributed by atoms with Gasteiger partial charge in [-0.2, -0.15) is 0 Å². The standard InChI is InChI=1S/C19H22Cl3NO/c1-11(2)10-23-18(24)6-12(3)4-5-13-7-15(13)14-8-16(20)19(22)17(21)9-14/h4-6,8-9,11,13,15H,7,10H2,1-3H3,(H,23,24)/t13-,15-/m1/s1. The summed E-state index contributed by atoms with van der Waals surface area (Å²) >= 11 is 18.2. The lowest BCUT2D eigenvalue weighted by Gasteiger charge is -2.05. The maximum absolute atomic E-state index is 11.7. The van der Waals surface area contributed by atoms with Crippen LogP contribution in [0.5, 0.6) is 0 Å². The molecule has 0 spiro atoms. The molecular weight excluding hydrogens is 365 g/mol. The Morgan fingerprint density at radius 1 is 1.29 bits per heavy atom. The summed E-state index contributed by atoms with van der Waals surface area (Å²) < 4.78 is 0. The van der Waals surface area contributed by atoms with Gasteiger partial charge in [-0.3, -0.25) is 4.79 Å². The smallest absolute Gasteiger partial charge is 0.244 e. The second kappa shape index (κ2) is 8.42. The maximum atomic E-state index is 11.7. The van der Waals surface area contributed by atoms with Crippen molar-refractivity contribution in [1.29, 1.82) is 0 Å². The van der Waals surface area contributed by atoms with Gasteiger partial charge < -0.3 is 5.32 Å². The fourth-order valence-electron chi connectivity index (χ4n) is 2.49. The topological polar surface area (TPSA) is 29.1 Å². The first kappa shape index (κ1) is 19.4. The number of carbonyl (C=O) groups excluding carboxylic acids is 1. The van der Waals surface area contributed by atoms with Crippen LogP contribution in [0.1, 0.15) is 38.7 Å². The molecule has 130 valence electrons. The Labute approximate surface area is 158 Å². The minimum absolute atomic E-state index is 0.0468. The molecule has 0 unspecified atom stereocenters. The van der Waals surface area contributed by atoms with Gasteiger partial charge in [0.05, 0.1) is 15.1 Å². The number of rotatable bonds is 6. The first-order valence-corrected chi connectivity index (χ1v) is 9.20. The average molecular weight is 387 g/mol. The number of benzene rings is 1. The molecule has 0 aromatic heterocycles. The highest BCUT2D eigenvalue weighted by Crippen LogP contribution is 2.50. The van der Waals surface area contributed by atoms with Crippen LogP contribution >= 0.6 is 34.8 Å². The normalized spacial score (nSPS) is 20.7. The predicted octanol–water partition coefficient (Wildman–Crippen LogP) is 6.03. The quantitative estimate of drug-likeness (QED) is 0.361. The second-order valence-electron chi connectivity index (χ2n) is 6.69. The second-order valence-corrected chi connectivity index (χ2v) is 7.88. The molecule has 0 bridgehead atoms. The highest BCUT2D eigenvalue weighted by atomic mass is 35.5. The minimum atomic E-state index is -0.0468. The highest BCUT2D eigenvalue weighted by Gasteiger charge is 2.36. The molecule has 2 atom stereocenters. The first-order chi connectivity index (χ1) is 11.3. The maximum Gasteiger partial charge on any atom is 0.244 e. The molecule has 0 saturated heterocycles. The first-order valence-electron chi connectivity index (χ1n) is 8.06. The van der Waals surface area contributed by atoms with E-state index in [1.54, 1.807) is 6.08 Å². The van der Waals surface area contributed by atoms with Crippen molar-refractivity contribution in [1.82, 2.24) is 5.32 Å². The molecule has 1 aliphatic carbocycles. The van der Waals surface area contributed by atoms with E-state index in [9.17, 15) is 4.79 Å². The summed E-state index contributed by atoms with van der Waals surface area (Å²) in [6.45, 7) is 6.76. The molecule has 1 amide bonds. The van der Waals surface area contributed by atoms with E-state index in [2.05, 4.69) is 25.2 Å². The van der Waals surface area contributed by atoms with E-state index in [-0.39, 0.29) is 5.91 Å². The Balaban J connectivity index is 1.92. The monoisotopic (exact) mass is 385 g/mol. The Kier molecular flexibility index (Phi) is 6.79. The molecule has 0 heterocycles. The summed E-state index contributed by atoms with van der Waals surface area (Å²) in [5, 5.41) is 4.27. The van der Waals surface area contributed by atoms with Crippen LogP contribution in [0.25, 0.3) is 0 Å². The summed E-state index contributed by atoms with van der Waals surface area (Å²) in [5.41, 5.74) is 2.05. The van der Waals surface area contributed by atoms with Crippen molar-refractivity contribution in [3.63, 3.8) is 0 Å². The van der Waals surface area contributed by atoms with Crippen molar-refractivity contribution in [3.05, 3.63) is 56.6 Å². The van der Waals surface area contributed by atoms with Gasteiger partial charge in [0, 0.05) is 12.6 Å². The number of hydrogen-bond donors (Lipinski definition) is 1. The number of carbonyl (C=O) groups is 1.